The number of hydrogen-bond acceptors (Lipinski definition) is 6. The zero-order valence-corrected chi connectivity index (χ0v) is 20.9. The quantitative estimate of drug-likeness (QED) is 0.413. The van der Waals surface area contributed by atoms with Gasteiger partial charge in [0, 0.05) is 17.2 Å². The van der Waals surface area contributed by atoms with Gasteiger partial charge in [0.05, 0.1) is 10.8 Å². The molecule has 1 unspecified atom stereocenters. The first kappa shape index (κ1) is 25.8. The van der Waals surface area contributed by atoms with Crippen molar-refractivity contribution < 1.29 is 22.7 Å². The van der Waals surface area contributed by atoms with E-state index < -0.39 is 28.3 Å². The number of primary sulfonamides is 1. The summed E-state index contributed by atoms with van der Waals surface area (Å²) in [6.45, 7) is -0.699. The number of ketones is 1. The Balaban J connectivity index is 2.11. The van der Waals surface area contributed by atoms with Crippen molar-refractivity contribution in [1.82, 2.24) is 5.32 Å². The molecule has 3 rings (SSSR count). The highest BCUT2D eigenvalue weighted by Crippen LogP contribution is 2.41. The monoisotopic (exact) mass is 546 g/mol. The maximum absolute atomic E-state index is 13.4. The van der Waals surface area contributed by atoms with Gasteiger partial charge < -0.3 is 15.8 Å². The molecule has 2 aromatic carbocycles. The van der Waals surface area contributed by atoms with Crippen LogP contribution in [0.15, 0.2) is 69.6 Å². The number of nitrogen functional groups attached to an aromatic ring is 1. The lowest BCUT2D eigenvalue weighted by Crippen LogP contribution is -2.29. The zero-order chi connectivity index (χ0) is 24.9. The molecule has 34 heavy (non-hydrogen) atoms. The second-order valence-corrected chi connectivity index (χ2v) is 10.1. The average molecular weight is 547 g/mol. The zero-order valence-electron chi connectivity index (χ0n) is 18.5. The van der Waals surface area contributed by atoms with E-state index in [0.717, 1.165) is 4.47 Å². The second kappa shape index (κ2) is 11.1. The summed E-state index contributed by atoms with van der Waals surface area (Å²) in [7, 11) is -2.76. The van der Waals surface area contributed by atoms with Crippen LogP contribution in [-0.4, -0.2) is 40.4 Å². The number of sulfonamides is 1. The van der Waals surface area contributed by atoms with E-state index in [-0.39, 0.29) is 23.0 Å². The molecule has 8 nitrogen and oxygen atoms in total. The first-order chi connectivity index (χ1) is 16.1. The highest BCUT2D eigenvalue weighted by molar-refractivity contribution is 9.10. The van der Waals surface area contributed by atoms with Crippen LogP contribution in [0, 0.1) is 6.42 Å². The maximum atomic E-state index is 13.4. The van der Waals surface area contributed by atoms with E-state index in [1.54, 1.807) is 61.0 Å². The molecule has 1 aliphatic carbocycles. The van der Waals surface area contributed by atoms with Gasteiger partial charge in [0.15, 0.2) is 5.78 Å². The van der Waals surface area contributed by atoms with E-state index in [4.69, 9.17) is 15.6 Å². The second-order valence-electron chi connectivity index (χ2n) is 7.65. The van der Waals surface area contributed by atoms with Crippen molar-refractivity contribution in [2.45, 2.75) is 12.3 Å². The Labute approximate surface area is 207 Å². The van der Waals surface area contributed by atoms with E-state index in [0.29, 0.717) is 28.8 Å². The Hall–Kier alpha value is -2.79. The number of halogens is 1. The third-order valence-electron chi connectivity index (χ3n) is 5.29. The Kier molecular flexibility index (Phi) is 8.42. The van der Waals surface area contributed by atoms with E-state index in [1.807, 2.05) is 0 Å². The van der Waals surface area contributed by atoms with Crippen LogP contribution in [0.1, 0.15) is 23.5 Å². The molecular weight excluding hydrogens is 522 g/mol. The molecule has 0 aliphatic heterocycles. The molecule has 0 bridgehead atoms. The lowest BCUT2D eigenvalue weighted by Gasteiger charge is -2.27. The van der Waals surface area contributed by atoms with Crippen molar-refractivity contribution in [3.05, 3.63) is 87.1 Å². The number of likely N-dealkylation sites (N-methyl/N-ethyl adjacent to an activating group) is 1. The van der Waals surface area contributed by atoms with Gasteiger partial charge in [0.25, 0.3) is 0 Å². The minimum atomic E-state index is -4.22. The summed E-state index contributed by atoms with van der Waals surface area (Å²) in [5.74, 6) is -1.81. The van der Waals surface area contributed by atoms with Gasteiger partial charge in [-0.05, 0) is 59.4 Å². The van der Waals surface area contributed by atoms with Crippen LogP contribution in [-0.2, 0) is 24.3 Å². The predicted molar refractivity (Wildman–Crippen MR) is 135 cm³/mol. The van der Waals surface area contributed by atoms with Crippen LogP contribution >= 0.6 is 15.9 Å². The fourth-order valence-electron chi connectivity index (χ4n) is 3.74. The molecule has 2 aromatic rings. The number of rotatable bonds is 9. The van der Waals surface area contributed by atoms with Crippen LogP contribution in [0.3, 0.4) is 0 Å². The van der Waals surface area contributed by atoms with E-state index in [9.17, 15) is 18.0 Å². The number of carbonyl (C=O) groups is 2. The fourth-order valence-corrected chi connectivity index (χ4v) is 5.06. The molecule has 0 saturated carbocycles. The van der Waals surface area contributed by atoms with Crippen molar-refractivity contribution in [3.8, 4) is 0 Å². The predicted octanol–water partition coefficient (Wildman–Crippen LogP) is 2.68. The maximum Gasteiger partial charge on any atom is 0.245 e. The minimum Gasteiger partial charge on any atom is -0.399 e. The van der Waals surface area contributed by atoms with Crippen molar-refractivity contribution in [1.29, 1.82) is 0 Å². The minimum absolute atomic E-state index is 0.0983. The molecule has 0 saturated heterocycles. The number of allylic oxidation sites excluding steroid dienone is 3. The van der Waals surface area contributed by atoms with Crippen LogP contribution in [0.4, 0.5) is 5.69 Å². The van der Waals surface area contributed by atoms with E-state index in [1.165, 1.54) is 7.05 Å². The molecule has 0 fully saturated rings. The number of benzene rings is 2. The smallest absolute Gasteiger partial charge is 0.245 e. The summed E-state index contributed by atoms with van der Waals surface area (Å²) >= 11 is 3.38. The molecule has 0 aromatic heterocycles. The number of hydrogen-bond donors (Lipinski definition) is 3. The number of Topliss-reactive ketones (excluding diaryl/α,β-unsaturated/α-hetero) is 1. The largest absolute Gasteiger partial charge is 0.399 e. The third kappa shape index (κ3) is 6.20. The highest BCUT2D eigenvalue weighted by atomic mass is 79.9. The van der Waals surface area contributed by atoms with Crippen molar-refractivity contribution in [2.24, 2.45) is 5.14 Å². The lowest BCUT2D eigenvalue weighted by molar-refractivity contribution is -0.129. The van der Waals surface area contributed by atoms with Gasteiger partial charge in [0.1, 0.15) is 13.2 Å². The molecular formula is C24H25BrN3O5S. The number of anilines is 1. The molecule has 0 spiro atoms. The summed E-state index contributed by atoms with van der Waals surface area (Å²) < 4.78 is 31.8. The summed E-state index contributed by atoms with van der Waals surface area (Å²) in [6.07, 6.45) is 3.73. The van der Waals surface area contributed by atoms with Crippen molar-refractivity contribution >= 4 is 48.9 Å². The molecule has 1 radical (unpaired) electrons. The van der Waals surface area contributed by atoms with Gasteiger partial charge in [-0.25, -0.2) is 13.6 Å². The normalized spacial score (nSPS) is 15.0. The first-order valence-corrected chi connectivity index (χ1v) is 12.7. The third-order valence-corrected chi connectivity index (χ3v) is 6.87. The number of carbonyl (C=O) groups excluding carboxylic acids is 2. The molecule has 1 atom stereocenters. The average Bonchev–Trinajstić information content (AvgIpc) is 2.80. The topological polar surface area (TPSA) is 142 Å². The van der Waals surface area contributed by atoms with Crippen LogP contribution < -0.4 is 16.2 Å². The SMILES string of the molecule is CNC(=O)COCC(=O)C(C1=C[CH]CC(c2ccc(Br)cc2)=C1S(N)(=O)=O)c1ccc(N)cc1. The number of ether oxygens (including phenoxy) is 1. The van der Waals surface area contributed by atoms with E-state index >= 15 is 0 Å². The number of nitrogens with two attached hydrogens (primary N) is 2. The molecule has 1 aliphatic rings. The van der Waals surface area contributed by atoms with E-state index in [2.05, 4.69) is 21.2 Å². The van der Waals surface area contributed by atoms with Gasteiger partial charge in [-0.15, -0.1) is 0 Å². The summed E-state index contributed by atoms with van der Waals surface area (Å²) in [5.41, 5.74) is 8.24. The van der Waals surface area contributed by atoms with Gasteiger partial charge in [0.2, 0.25) is 15.9 Å². The van der Waals surface area contributed by atoms with Crippen molar-refractivity contribution in [3.63, 3.8) is 0 Å². The lowest BCUT2D eigenvalue weighted by atomic mass is 9.81. The Bertz CT molecular complexity index is 1240. The number of amides is 1. The summed E-state index contributed by atoms with van der Waals surface area (Å²) in [5, 5.41) is 8.10. The Morgan fingerprint density at radius 2 is 1.74 bits per heavy atom. The molecule has 10 heteroatoms. The van der Waals surface area contributed by atoms with Gasteiger partial charge in [-0.2, -0.15) is 0 Å². The molecule has 179 valence electrons. The summed E-state index contributed by atoms with van der Waals surface area (Å²) in [4.78, 5) is 24.7. The Morgan fingerprint density at radius 1 is 1.09 bits per heavy atom. The van der Waals surface area contributed by atoms with Gasteiger partial charge in [-0.1, -0.05) is 46.3 Å². The van der Waals surface area contributed by atoms with Gasteiger partial charge >= 0.3 is 0 Å². The van der Waals surface area contributed by atoms with Crippen LogP contribution in [0.5, 0.6) is 0 Å². The molecule has 5 N–H and O–H groups in total. The molecule has 1 amide bonds. The highest BCUT2D eigenvalue weighted by Gasteiger charge is 2.35. The number of nitrogens with one attached hydrogen (secondary N) is 1. The van der Waals surface area contributed by atoms with Crippen molar-refractivity contribution in [2.75, 3.05) is 26.0 Å². The Morgan fingerprint density at radius 3 is 2.32 bits per heavy atom. The fraction of sp³-hybridized carbons (Fsp3) is 0.208. The standard InChI is InChI=1S/C24H25BrN3O5S/c1-28-22(30)14-33-13-21(29)23(16-7-11-18(26)12-8-16)20-4-2-3-19(24(20)34(27,31)32)15-5-9-17(25)10-6-15/h2,4-12,23H,3,13-14,26H2,1H3,(H,28,30)(H2,27,31,32). The molecule has 0 heterocycles. The summed E-state index contributed by atoms with van der Waals surface area (Å²) in [6, 6.07) is 13.8. The van der Waals surface area contributed by atoms with Crippen LogP contribution in [0.25, 0.3) is 5.57 Å². The van der Waals surface area contributed by atoms with Gasteiger partial charge in [-0.3, -0.25) is 9.59 Å². The first-order valence-electron chi connectivity index (χ1n) is 10.3. The van der Waals surface area contributed by atoms with Crippen LogP contribution in [0.2, 0.25) is 0 Å².